The van der Waals surface area contributed by atoms with Gasteiger partial charge in [0, 0.05) is 18.3 Å². The molecule has 0 bridgehead atoms. The van der Waals surface area contributed by atoms with Crippen molar-refractivity contribution in [3.8, 4) is 0 Å². The summed E-state index contributed by atoms with van der Waals surface area (Å²) in [6, 6.07) is 0. The molecule has 2 N–H and O–H groups in total. The molecule has 2 unspecified atom stereocenters. The summed E-state index contributed by atoms with van der Waals surface area (Å²) < 4.78 is 17.9. The number of aliphatic hydroxyl groups is 1. The van der Waals surface area contributed by atoms with E-state index < -0.39 is 34.7 Å². The van der Waals surface area contributed by atoms with E-state index in [-0.39, 0.29) is 59.0 Å². The van der Waals surface area contributed by atoms with Gasteiger partial charge in [0.25, 0.3) is 0 Å². The van der Waals surface area contributed by atoms with Crippen LogP contribution in [0.1, 0.15) is 209 Å². The van der Waals surface area contributed by atoms with Crippen LogP contribution in [0, 0.1) is 56.7 Å². The molecular formula is C54H85N3O9. The van der Waals surface area contributed by atoms with Gasteiger partial charge in [-0.3, -0.25) is 9.59 Å². The summed E-state index contributed by atoms with van der Waals surface area (Å²) in [5.41, 5.74) is -0.300. The second kappa shape index (κ2) is 21.4. The lowest BCUT2D eigenvalue weighted by molar-refractivity contribution is -0.318. The Morgan fingerprint density at radius 1 is 0.803 bits per heavy atom. The Kier molecular flexibility index (Phi) is 16.8. The van der Waals surface area contributed by atoms with Gasteiger partial charge in [0.05, 0.1) is 11.6 Å². The summed E-state index contributed by atoms with van der Waals surface area (Å²) in [6.45, 7) is 17.8. The van der Waals surface area contributed by atoms with Gasteiger partial charge in [-0.1, -0.05) is 136 Å². The van der Waals surface area contributed by atoms with Crippen LogP contribution in [-0.4, -0.2) is 55.1 Å². The lowest BCUT2D eigenvalue weighted by Gasteiger charge is -2.72. The van der Waals surface area contributed by atoms with Crippen LogP contribution in [0.15, 0.2) is 30.0 Å². The minimum absolute atomic E-state index is 0.0249. The smallest absolute Gasteiger partial charge is 0.459 e. The largest absolute Gasteiger partial charge is 0.513 e. The van der Waals surface area contributed by atoms with Crippen LogP contribution in [0.2, 0.25) is 0 Å². The van der Waals surface area contributed by atoms with Crippen LogP contribution in [-0.2, 0) is 41.7 Å². The molecule has 1 aromatic heterocycles. The van der Waals surface area contributed by atoms with E-state index >= 15 is 0 Å². The molecule has 0 aliphatic heterocycles. The predicted molar refractivity (Wildman–Crippen MR) is 253 cm³/mol. The first-order valence-electron chi connectivity index (χ1n) is 26.1. The maximum absolute atomic E-state index is 13.7. The number of rotatable bonds is 21. The summed E-state index contributed by atoms with van der Waals surface area (Å²) in [6.07, 6.45) is 29.5. The average molecular weight is 920 g/mol. The zero-order valence-electron chi connectivity index (χ0n) is 42.0. The van der Waals surface area contributed by atoms with Crippen molar-refractivity contribution in [1.82, 2.24) is 15.0 Å². The summed E-state index contributed by atoms with van der Waals surface area (Å²) in [5, 5.41) is 30.1. The molecule has 4 fully saturated rings. The molecule has 1 aromatic rings. The van der Waals surface area contributed by atoms with E-state index in [0.717, 1.165) is 64.2 Å². The van der Waals surface area contributed by atoms with E-state index in [4.69, 9.17) is 14.2 Å². The van der Waals surface area contributed by atoms with Crippen molar-refractivity contribution in [2.75, 3.05) is 0 Å². The van der Waals surface area contributed by atoms with Gasteiger partial charge < -0.3 is 24.4 Å². The maximum Gasteiger partial charge on any atom is 0.513 e. The molecule has 1 heterocycles. The molecule has 0 spiro atoms. The van der Waals surface area contributed by atoms with Crippen LogP contribution >= 0.6 is 0 Å². The fraction of sp³-hybridized carbons (Fsp3) is 0.815. The van der Waals surface area contributed by atoms with Crippen molar-refractivity contribution in [2.24, 2.45) is 56.7 Å². The molecule has 0 amide bonds. The van der Waals surface area contributed by atoms with Crippen LogP contribution in [0.4, 0.5) is 4.79 Å². The number of hydrogen-bond acceptors (Lipinski definition) is 10. The number of ether oxygens (including phenoxy) is 3. The Morgan fingerprint density at radius 3 is 2.15 bits per heavy atom. The lowest BCUT2D eigenvalue weighted by Crippen LogP contribution is -2.68. The van der Waals surface area contributed by atoms with Crippen molar-refractivity contribution in [1.29, 1.82) is 0 Å². The number of carbonyl (C=O) groups excluding carboxylic acids is 3. The van der Waals surface area contributed by atoms with Gasteiger partial charge in [-0.2, -0.15) is 0 Å². The molecule has 0 radical (unpaired) electrons. The van der Waals surface area contributed by atoms with Gasteiger partial charge >= 0.3 is 24.1 Å². The third-order valence-electron chi connectivity index (χ3n) is 18.9. The highest BCUT2D eigenvalue weighted by molar-refractivity contribution is 5.86. The molecule has 12 nitrogen and oxygen atoms in total. The van der Waals surface area contributed by atoms with Gasteiger partial charge in [0.15, 0.2) is 0 Å². The number of aromatic nitrogens is 3. The molecule has 66 heavy (non-hydrogen) atoms. The second-order valence-corrected chi connectivity index (χ2v) is 22.8. The first-order valence-corrected chi connectivity index (χ1v) is 26.1. The monoisotopic (exact) mass is 920 g/mol. The first kappa shape index (κ1) is 51.8. The number of carbonyl (C=O) groups is 4. The molecule has 10 atom stereocenters. The summed E-state index contributed by atoms with van der Waals surface area (Å²) in [5.74, 6) is -2.27. The lowest BCUT2D eigenvalue weighted by atomic mass is 9.33. The van der Waals surface area contributed by atoms with E-state index in [0.29, 0.717) is 43.7 Å². The standard InChI is InChI=1S/C54H85N3O9/c1-9-10-11-12-13-14-15-16-17-18-19-20-21-22-23-24-44(58)64-37-40-35-57(56-55-40)36-45(59)66-54(63)34-31-50(6)42(49(54,4)5)28-29-52(8)43(50)26-25-41-46-39(3)38(2)27-30-53(46,33-32-51(41,52)7)47(60)65-48(61)62/h16-17,25,35,38-39,42-43,46,63H,9-15,18-24,26-34,36-37H2,1-8H3,(H,61,62)/b17-16-/t38-,39+,42?,43-,46+,50+,51-,52-,53+,54?/m1/s1. The van der Waals surface area contributed by atoms with E-state index in [1.165, 1.54) is 61.6 Å². The molecule has 370 valence electrons. The zero-order chi connectivity index (χ0) is 48.0. The van der Waals surface area contributed by atoms with Crippen LogP contribution < -0.4 is 0 Å². The van der Waals surface area contributed by atoms with Gasteiger partial charge in [-0.05, 0) is 129 Å². The zero-order valence-corrected chi connectivity index (χ0v) is 42.0. The van der Waals surface area contributed by atoms with Gasteiger partial charge in [-0.15, -0.1) is 5.10 Å². The Balaban J connectivity index is 0.978. The summed E-state index contributed by atoms with van der Waals surface area (Å²) in [7, 11) is 0. The highest BCUT2D eigenvalue weighted by Gasteiger charge is 2.72. The number of nitrogens with zero attached hydrogens (tertiary/aromatic N) is 3. The van der Waals surface area contributed by atoms with E-state index in [9.17, 15) is 29.4 Å². The number of esters is 3. The fourth-order valence-electron chi connectivity index (χ4n) is 14.5. The molecule has 0 saturated heterocycles. The Hall–Kier alpha value is -3.54. The van der Waals surface area contributed by atoms with Crippen molar-refractivity contribution >= 4 is 24.1 Å². The maximum atomic E-state index is 13.7. The molecule has 4 saturated carbocycles. The number of fused-ring (bicyclic) bond motifs is 7. The summed E-state index contributed by atoms with van der Waals surface area (Å²) in [4.78, 5) is 51.4. The van der Waals surface area contributed by atoms with Crippen molar-refractivity contribution in [3.05, 3.63) is 35.7 Å². The minimum Gasteiger partial charge on any atom is -0.459 e. The van der Waals surface area contributed by atoms with Crippen molar-refractivity contribution in [3.63, 3.8) is 0 Å². The molecule has 0 aromatic carbocycles. The Morgan fingerprint density at radius 2 is 1.47 bits per heavy atom. The Bertz CT molecular complexity index is 1920. The molecule has 12 heteroatoms. The second-order valence-electron chi connectivity index (χ2n) is 22.8. The number of allylic oxidation sites excluding steroid dienone is 4. The van der Waals surface area contributed by atoms with Gasteiger partial charge in [-0.25, -0.2) is 14.3 Å². The third kappa shape index (κ3) is 10.4. The minimum atomic E-state index is -1.69. The normalized spacial score (nSPS) is 34.6. The number of unbranched alkanes of at least 4 members (excludes halogenated alkanes) is 11. The van der Waals surface area contributed by atoms with E-state index in [2.05, 4.69) is 70.1 Å². The highest BCUT2D eigenvalue weighted by Crippen LogP contribution is 2.76. The van der Waals surface area contributed by atoms with Crippen LogP contribution in [0.3, 0.4) is 0 Å². The fourth-order valence-corrected chi connectivity index (χ4v) is 14.5. The molecular weight excluding hydrogens is 835 g/mol. The van der Waals surface area contributed by atoms with Crippen LogP contribution in [0.25, 0.3) is 0 Å². The third-order valence-corrected chi connectivity index (χ3v) is 18.9. The van der Waals surface area contributed by atoms with Gasteiger partial charge in [0.2, 0.25) is 5.79 Å². The van der Waals surface area contributed by atoms with Crippen molar-refractivity contribution in [2.45, 2.75) is 222 Å². The molecule has 5 aliphatic rings. The quantitative estimate of drug-likeness (QED) is 0.0301. The van der Waals surface area contributed by atoms with E-state index in [1.54, 1.807) is 6.20 Å². The van der Waals surface area contributed by atoms with Gasteiger partial charge in [0.1, 0.15) is 18.8 Å². The molecule has 5 aliphatic carbocycles. The van der Waals surface area contributed by atoms with Crippen LogP contribution in [0.5, 0.6) is 0 Å². The van der Waals surface area contributed by atoms with E-state index in [1.807, 2.05) is 13.8 Å². The average Bonchev–Trinajstić information content (AvgIpc) is 3.71. The number of carboxylic acid groups (broad SMARTS) is 1. The van der Waals surface area contributed by atoms with Crippen molar-refractivity contribution < 1.29 is 43.6 Å². The molecule has 6 rings (SSSR count). The SMILES string of the molecule is CCCCCCCC/C=C\CCCCCCCC(=O)OCc1cn(CC(=O)OC2(O)CC[C@@]3(C)C(CC[C@]4(C)[C@@H]3CC=C3[C@@H]5[C@@H](C)[C@H](C)CC[C@]5(C(=O)OC(=O)O)CC[C@]34C)C2(C)C)nn1. The topological polar surface area (TPSA) is 167 Å². The Labute approximate surface area is 395 Å². The highest BCUT2D eigenvalue weighted by atomic mass is 16.7. The number of hydrogen-bond donors (Lipinski definition) is 2. The summed E-state index contributed by atoms with van der Waals surface area (Å²) >= 11 is 0. The predicted octanol–water partition coefficient (Wildman–Crippen LogP) is 12.5. The first-order chi connectivity index (χ1) is 31.3.